The molecule has 0 saturated heterocycles. The van der Waals surface area contributed by atoms with Crippen molar-refractivity contribution >= 4 is 29.2 Å². The van der Waals surface area contributed by atoms with Gasteiger partial charge in [0.15, 0.2) is 6.10 Å². The minimum atomic E-state index is -1.01. The molecular formula is C18H18ClNO5. The summed E-state index contributed by atoms with van der Waals surface area (Å²) < 4.78 is 15.4. The average Bonchev–Trinajstić information content (AvgIpc) is 2.61. The Kier molecular flexibility index (Phi) is 6.25. The number of carbonyl (C=O) groups excluding carboxylic acids is 2. The van der Waals surface area contributed by atoms with Crippen LogP contribution in [0.3, 0.4) is 0 Å². The fourth-order valence-electron chi connectivity index (χ4n) is 2.04. The first-order valence-corrected chi connectivity index (χ1v) is 7.82. The van der Waals surface area contributed by atoms with Gasteiger partial charge < -0.3 is 19.5 Å². The summed E-state index contributed by atoms with van der Waals surface area (Å²) in [7, 11) is 2.98. The number of hydrogen-bond acceptors (Lipinski definition) is 5. The van der Waals surface area contributed by atoms with E-state index in [1.54, 1.807) is 36.4 Å². The van der Waals surface area contributed by atoms with E-state index in [1.807, 2.05) is 0 Å². The summed E-state index contributed by atoms with van der Waals surface area (Å²) in [6.45, 7) is 1.48. The number of anilines is 1. The Labute approximate surface area is 150 Å². The molecule has 2 rings (SSSR count). The first kappa shape index (κ1) is 18.6. The lowest BCUT2D eigenvalue weighted by Gasteiger charge is -2.15. The molecule has 1 N–H and O–H groups in total. The Bertz CT molecular complexity index is 778. The number of hydrogen-bond donors (Lipinski definition) is 1. The summed E-state index contributed by atoms with van der Waals surface area (Å²) in [5.74, 6) is -0.157. The zero-order valence-corrected chi connectivity index (χ0v) is 14.8. The quantitative estimate of drug-likeness (QED) is 0.794. The fraction of sp³-hybridized carbons (Fsp3) is 0.222. The van der Waals surface area contributed by atoms with Gasteiger partial charge in [-0.3, -0.25) is 4.79 Å². The van der Waals surface area contributed by atoms with Crippen molar-refractivity contribution in [2.24, 2.45) is 0 Å². The van der Waals surface area contributed by atoms with E-state index < -0.39 is 18.0 Å². The molecule has 1 atom stereocenters. The van der Waals surface area contributed by atoms with Gasteiger partial charge in [0, 0.05) is 5.02 Å². The van der Waals surface area contributed by atoms with Gasteiger partial charge >= 0.3 is 5.97 Å². The van der Waals surface area contributed by atoms with Gasteiger partial charge in [0.2, 0.25) is 0 Å². The van der Waals surface area contributed by atoms with Crippen molar-refractivity contribution in [2.45, 2.75) is 13.0 Å². The van der Waals surface area contributed by atoms with Crippen LogP contribution in [0.4, 0.5) is 5.69 Å². The van der Waals surface area contributed by atoms with Crippen molar-refractivity contribution in [3.63, 3.8) is 0 Å². The smallest absolute Gasteiger partial charge is 0.339 e. The second kappa shape index (κ2) is 8.39. The summed E-state index contributed by atoms with van der Waals surface area (Å²) >= 11 is 5.93. The molecule has 0 aliphatic carbocycles. The highest BCUT2D eigenvalue weighted by Crippen LogP contribution is 2.27. The zero-order chi connectivity index (χ0) is 18.4. The first-order valence-electron chi connectivity index (χ1n) is 7.44. The number of amides is 1. The highest BCUT2D eigenvalue weighted by Gasteiger charge is 2.20. The predicted molar refractivity (Wildman–Crippen MR) is 94.5 cm³/mol. The number of halogens is 1. The summed E-state index contributed by atoms with van der Waals surface area (Å²) in [5.41, 5.74) is 0.684. The number of esters is 1. The molecule has 0 fully saturated rings. The molecule has 0 heterocycles. The zero-order valence-electron chi connectivity index (χ0n) is 14.0. The molecule has 6 nitrogen and oxygen atoms in total. The van der Waals surface area contributed by atoms with E-state index in [9.17, 15) is 9.59 Å². The number of benzene rings is 2. The van der Waals surface area contributed by atoms with Crippen molar-refractivity contribution in [3.8, 4) is 11.5 Å². The van der Waals surface area contributed by atoms with Gasteiger partial charge in [0.25, 0.3) is 5.91 Å². The van der Waals surface area contributed by atoms with Gasteiger partial charge in [-0.1, -0.05) is 17.7 Å². The molecule has 0 bridgehead atoms. The van der Waals surface area contributed by atoms with E-state index in [4.69, 9.17) is 25.8 Å². The highest BCUT2D eigenvalue weighted by atomic mass is 35.5. The topological polar surface area (TPSA) is 73.9 Å². The Balaban J connectivity index is 2.05. The molecule has 0 aromatic heterocycles. The molecule has 7 heteroatoms. The van der Waals surface area contributed by atoms with Crippen LogP contribution in [0.25, 0.3) is 0 Å². The van der Waals surface area contributed by atoms with E-state index in [0.29, 0.717) is 27.8 Å². The summed E-state index contributed by atoms with van der Waals surface area (Å²) in [6, 6.07) is 11.3. The highest BCUT2D eigenvalue weighted by molar-refractivity contribution is 6.31. The van der Waals surface area contributed by atoms with Crippen molar-refractivity contribution < 1.29 is 23.8 Å². The minimum absolute atomic E-state index is 0.291. The predicted octanol–water partition coefficient (Wildman–Crippen LogP) is 3.54. The van der Waals surface area contributed by atoms with Crippen molar-refractivity contribution in [3.05, 3.63) is 53.1 Å². The van der Waals surface area contributed by atoms with Crippen LogP contribution < -0.4 is 14.8 Å². The molecule has 0 saturated carbocycles. The monoisotopic (exact) mass is 363 g/mol. The lowest BCUT2D eigenvalue weighted by Crippen LogP contribution is -2.30. The van der Waals surface area contributed by atoms with Crippen LogP contribution in [0.2, 0.25) is 5.02 Å². The molecule has 2 aromatic rings. The van der Waals surface area contributed by atoms with Crippen LogP contribution in [-0.4, -0.2) is 32.2 Å². The lowest BCUT2D eigenvalue weighted by atomic mass is 10.2. The fourth-order valence-corrected chi connectivity index (χ4v) is 2.22. The van der Waals surface area contributed by atoms with Crippen LogP contribution >= 0.6 is 11.6 Å². The SMILES string of the molecule is COc1cccc(C(=O)O[C@H](C)C(=O)Nc2cc(Cl)ccc2OC)c1. The van der Waals surface area contributed by atoms with Crippen LogP contribution in [0.1, 0.15) is 17.3 Å². The van der Waals surface area contributed by atoms with Gasteiger partial charge in [-0.05, 0) is 43.3 Å². The summed E-state index contributed by atoms with van der Waals surface area (Å²) in [4.78, 5) is 24.4. The second-order valence-electron chi connectivity index (χ2n) is 5.11. The molecule has 25 heavy (non-hydrogen) atoms. The molecule has 0 aliphatic heterocycles. The molecule has 1 amide bonds. The maximum atomic E-state index is 12.3. The third-order valence-electron chi connectivity index (χ3n) is 3.38. The molecular weight excluding hydrogens is 346 g/mol. The van der Waals surface area contributed by atoms with Crippen LogP contribution in [0, 0.1) is 0 Å². The summed E-state index contributed by atoms with van der Waals surface area (Å²) in [5, 5.41) is 3.07. The molecule has 2 aromatic carbocycles. The number of methoxy groups -OCH3 is 2. The standard InChI is InChI=1S/C18H18ClNO5/c1-11(25-18(22)12-5-4-6-14(9-12)23-2)17(21)20-15-10-13(19)7-8-16(15)24-3/h4-11H,1-3H3,(H,20,21)/t11-/m1/s1. The van der Waals surface area contributed by atoms with E-state index in [0.717, 1.165) is 0 Å². The van der Waals surface area contributed by atoms with E-state index in [-0.39, 0.29) is 0 Å². The maximum absolute atomic E-state index is 12.3. The number of ether oxygens (including phenoxy) is 3. The average molecular weight is 364 g/mol. The Morgan fingerprint density at radius 1 is 1.08 bits per heavy atom. The van der Waals surface area contributed by atoms with Gasteiger partial charge in [-0.25, -0.2) is 4.79 Å². The Hall–Kier alpha value is -2.73. The van der Waals surface area contributed by atoms with Crippen LogP contribution in [0.5, 0.6) is 11.5 Å². The van der Waals surface area contributed by atoms with E-state index >= 15 is 0 Å². The van der Waals surface area contributed by atoms with Gasteiger partial charge in [0.05, 0.1) is 25.5 Å². The second-order valence-corrected chi connectivity index (χ2v) is 5.55. The first-order chi connectivity index (χ1) is 11.9. The maximum Gasteiger partial charge on any atom is 0.339 e. The molecule has 0 aliphatic rings. The number of rotatable bonds is 6. The number of carbonyl (C=O) groups is 2. The largest absolute Gasteiger partial charge is 0.497 e. The van der Waals surface area contributed by atoms with E-state index in [1.165, 1.54) is 27.2 Å². The molecule has 132 valence electrons. The molecule has 0 unspecified atom stereocenters. The third-order valence-corrected chi connectivity index (χ3v) is 3.61. The normalized spacial score (nSPS) is 11.4. The van der Waals surface area contributed by atoms with Gasteiger partial charge in [0.1, 0.15) is 11.5 Å². The Morgan fingerprint density at radius 2 is 1.84 bits per heavy atom. The molecule has 0 spiro atoms. The van der Waals surface area contributed by atoms with Crippen molar-refractivity contribution in [1.29, 1.82) is 0 Å². The molecule has 0 radical (unpaired) electrons. The summed E-state index contributed by atoms with van der Waals surface area (Å²) in [6.07, 6.45) is -1.01. The Morgan fingerprint density at radius 3 is 2.52 bits per heavy atom. The number of nitrogens with one attached hydrogen (secondary N) is 1. The van der Waals surface area contributed by atoms with Crippen LogP contribution in [0.15, 0.2) is 42.5 Å². The van der Waals surface area contributed by atoms with Gasteiger partial charge in [-0.2, -0.15) is 0 Å². The lowest BCUT2D eigenvalue weighted by molar-refractivity contribution is -0.123. The van der Waals surface area contributed by atoms with Crippen LogP contribution in [-0.2, 0) is 9.53 Å². The van der Waals surface area contributed by atoms with Crippen molar-refractivity contribution in [1.82, 2.24) is 0 Å². The van der Waals surface area contributed by atoms with Gasteiger partial charge in [-0.15, -0.1) is 0 Å². The van der Waals surface area contributed by atoms with Crippen molar-refractivity contribution in [2.75, 3.05) is 19.5 Å². The third kappa shape index (κ3) is 4.87. The minimum Gasteiger partial charge on any atom is -0.497 e. The van der Waals surface area contributed by atoms with E-state index in [2.05, 4.69) is 5.32 Å².